The van der Waals surface area contributed by atoms with E-state index in [4.69, 9.17) is 0 Å². The Bertz CT molecular complexity index is 445. The fraction of sp³-hybridized carbons (Fsp3) is 0.615. The molecule has 19 heavy (non-hydrogen) atoms. The Hall–Kier alpha value is -1.69. The number of carbonyl (C=O) groups excluding carboxylic acids is 1. The van der Waals surface area contributed by atoms with Crippen molar-refractivity contribution in [2.45, 2.75) is 37.7 Å². The fourth-order valence-corrected chi connectivity index (χ4v) is 2.29. The van der Waals surface area contributed by atoms with E-state index in [1.807, 2.05) is 0 Å². The van der Waals surface area contributed by atoms with Crippen LogP contribution in [0.2, 0.25) is 0 Å². The molecule has 1 aromatic rings. The molecular formula is C13H19N3O3. The van der Waals surface area contributed by atoms with Gasteiger partial charge >= 0.3 is 5.97 Å². The van der Waals surface area contributed by atoms with Crippen molar-refractivity contribution < 1.29 is 14.6 Å². The molecule has 0 atom stereocenters. The summed E-state index contributed by atoms with van der Waals surface area (Å²) in [5, 5.41) is 13.4. The van der Waals surface area contributed by atoms with Crippen LogP contribution in [0.25, 0.3) is 0 Å². The van der Waals surface area contributed by atoms with E-state index in [-0.39, 0.29) is 5.82 Å². The van der Waals surface area contributed by atoms with Crippen molar-refractivity contribution in [1.82, 2.24) is 9.97 Å². The highest BCUT2D eigenvalue weighted by atomic mass is 16.5. The molecular weight excluding hydrogens is 246 g/mol. The quantitative estimate of drug-likeness (QED) is 0.800. The van der Waals surface area contributed by atoms with Gasteiger partial charge in [-0.15, -0.1) is 0 Å². The summed E-state index contributed by atoms with van der Waals surface area (Å²) in [5.74, 6) is -0.0300. The molecule has 1 aliphatic carbocycles. The van der Waals surface area contributed by atoms with Crippen LogP contribution in [0.1, 0.15) is 42.7 Å². The number of aliphatic hydroxyl groups is 1. The molecule has 6 nitrogen and oxygen atoms in total. The van der Waals surface area contributed by atoms with Gasteiger partial charge in [0.1, 0.15) is 5.82 Å². The molecule has 1 aromatic heterocycles. The van der Waals surface area contributed by atoms with Gasteiger partial charge in [-0.25, -0.2) is 14.8 Å². The van der Waals surface area contributed by atoms with Crippen molar-refractivity contribution in [1.29, 1.82) is 0 Å². The smallest absolute Gasteiger partial charge is 0.376 e. The fourth-order valence-electron chi connectivity index (χ4n) is 2.29. The zero-order valence-corrected chi connectivity index (χ0v) is 11.1. The maximum absolute atomic E-state index is 11.3. The van der Waals surface area contributed by atoms with Crippen LogP contribution in [0.4, 0.5) is 5.82 Å². The summed E-state index contributed by atoms with van der Waals surface area (Å²) in [7, 11) is 1.29. The van der Waals surface area contributed by atoms with Gasteiger partial charge in [-0.1, -0.05) is 19.3 Å². The molecule has 0 saturated heterocycles. The van der Waals surface area contributed by atoms with Gasteiger partial charge in [-0.2, -0.15) is 0 Å². The summed E-state index contributed by atoms with van der Waals surface area (Å²) in [4.78, 5) is 19.2. The normalized spacial score (nSPS) is 17.8. The molecule has 1 heterocycles. The van der Waals surface area contributed by atoms with Crippen molar-refractivity contribution in [3.05, 3.63) is 18.1 Å². The molecule has 0 amide bonds. The van der Waals surface area contributed by atoms with Crippen molar-refractivity contribution in [3.63, 3.8) is 0 Å². The Morgan fingerprint density at radius 2 is 2.21 bits per heavy atom. The van der Waals surface area contributed by atoms with Crippen molar-refractivity contribution >= 4 is 11.8 Å². The van der Waals surface area contributed by atoms with Crippen LogP contribution in [-0.4, -0.2) is 40.3 Å². The van der Waals surface area contributed by atoms with Crippen LogP contribution in [0.15, 0.2) is 12.3 Å². The number of aromatic nitrogens is 2. The van der Waals surface area contributed by atoms with E-state index in [1.165, 1.54) is 19.7 Å². The lowest BCUT2D eigenvalue weighted by Gasteiger charge is -2.32. The number of methoxy groups -OCH3 is 1. The minimum absolute atomic E-state index is 0.0168. The zero-order chi connectivity index (χ0) is 13.7. The first kappa shape index (κ1) is 13.7. The molecule has 2 N–H and O–H groups in total. The van der Waals surface area contributed by atoms with Gasteiger partial charge in [0.25, 0.3) is 0 Å². The third kappa shape index (κ3) is 3.64. The van der Waals surface area contributed by atoms with Gasteiger partial charge in [0, 0.05) is 12.7 Å². The highest BCUT2D eigenvalue weighted by Gasteiger charge is 2.28. The van der Waals surface area contributed by atoms with E-state index in [1.54, 1.807) is 6.07 Å². The molecule has 0 radical (unpaired) electrons. The molecule has 0 aliphatic heterocycles. The van der Waals surface area contributed by atoms with E-state index >= 15 is 0 Å². The summed E-state index contributed by atoms with van der Waals surface area (Å²) in [6.07, 6.45) is 6.38. The first-order chi connectivity index (χ1) is 9.13. The van der Waals surface area contributed by atoms with Gasteiger partial charge in [0.05, 0.1) is 12.7 Å². The number of nitrogens with zero attached hydrogens (tertiary/aromatic N) is 2. The van der Waals surface area contributed by atoms with E-state index in [0.29, 0.717) is 12.4 Å². The Kier molecular flexibility index (Phi) is 4.31. The summed E-state index contributed by atoms with van der Waals surface area (Å²) in [6, 6.07) is 1.67. The van der Waals surface area contributed by atoms with Gasteiger partial charge in [-0.05, 0) is 18.9 Å². The molecule has 1 fully saturated rings. The van der Waals surface area contributed by atoms with Crippen LogP contribution in [0.3, 0.4) is 0 Å². The number of hydrogen-bond acceptors (Lipinski definition) is 6. The number of rotatable bonds is 4. The lowest BCUT2D eigenvalue weighted by Crippen LogP contribution is -2.39. The summed E-state index contributed by atoms with van der Waals surface area (Å²) in [6.45, 7) is 0.435. The SMILES string of the molecule is COC(=O)c1nccc(NCC2(O)CCCCC2)n1. The van der Waals surface area contributed by atoms with Gasteiger partial charge in [-0.3, -0.25) is 0 Å². The Morgan fingerprint density at radius 1 is 1.47 bits per heavy atom. The molecule has 2 rings (SSSR count). The van der Waals surface area contributed by atoms with Gasteiger partial charge in [0.2, 0.25) is 5.82 Å². The second-order valence-electron chi connectivity index (χ2n) is 4.90. The number of anilines is 1. The van der Waals surface area contributed by atoms with Gasteiger partial charge < -0.3 is 15.2 Å². The molecule has 6 heteroatoms. The summed E-state index contributed by atoms with van der Waals surface area (Å²) < 4.78 is 4.56. The minimum Gasteiger partial charge on any atom is -0.463 e. The van der Waals surface area contributed by atoms with Crippen molar-refractivity contribution in [2.24, 2.45) is 0 Å². The summed E-state index contributed by atoms with van der Waals surface area (Å²) >= 11 is 0. The van der Waals surface area contributed by atoms with Crippen molar-refractivity contribution in [3.8, 4) is 0 Å². The zero-order valence-electron chi connectivity index (χ0n) is 11.1. The number of hydrogen-bond donors (Lipinski definition) is 2. The maximum atomic E-state index is 11.3. The number of ether oxygens (including phenoxy) is 1. The first-order valence-corrected chi connectivity index (χ1v) is 6.51. The molecule has 0 aromatic carbocycles. The molecule has 1 saturated carbocycles. The highest BCUT2D eigenvalue weighted by Crippen LogP contribution is 2.28. The van der Waals surface area contributed by atoms with E-state index < -0.39 is 11.6 Å². The number of nitrogens with one attached hydrogen (secondary N) is 1. The predicted molar refractivity (Wildman–Crippen MR) is 69.9 cm³/mol. The lowest BCUT2D eigenvalue weighted by atomic mass is 9.85. The Morgan fingerprint density at radius 3 is 2.89 bits per heavy atom. The van der Waals surface area contributed by atoms with E-state index in [2.05, 4.69) is 20.0 Å². The van der Waals surface area contributed by atoms with Crippen molar-refractivity contribution in [2.75, 3.05) is 19.0 Å². The lowest BCUT2D eigenvalue weighted by molar-refractivity contribution is 0.0166. The average Bonchev–Trinajstić information content (AvgIpc) is 2.45. The predicted octanol–water partition coefficient (Wildman–Crippen LogP) is 1.37. The highest BCUT2D eigenvalue weighted by molar-refractivity contribution is 5.85. The average molecular weight is 265 g/mol. The van der Waals surface area contributed by atoms with Gasteiger partial charge in [0.15, 0.2) is 0 Å². The van der Waals surface area contributed by atoms with Crippen LogP contribution in [0, 0.1) is 0 Å². The Balaban J connectivity index is 1.97. The second-order valence-corrected chi connectivity index (χ2v) is 4.90. The third-order valence-corrected chi connectivity index (χ3v) is 3.41. The summed E-state index contributed by atoms with van der Waals surface area (Å²) in [5.41, 5.74) is -0.672. The minimum atomic E-state index is -0.672. The Labute approximate surface area is 112 Å². The van der Waals surface area contributed by atoms with E-state index in [9.17, 15) is 9.90 Å². The van der Waals surface area contributed by atoms with Crippen LogP contribution < -0.4 is 5.32 Å². The standard InChI is InChI=1S/C13H19N3O3/c1-19-12(17)11-14-8-5-10(16-11)15-9-13(18)6-3-2-4-7-13/h5,8,18H,2-4,6-7,9H2,1H3,(H,14,15,16). The van der Waals surface area contributed by atoms with E-state index in [0.717, 1.165) is 25.7 Å². The maximum Gasteiger partial charge on any atom is 0.376 e. The second kappa shape index (κ2) is 5.97. The molecule has 0 bridgehead atoms. The largest absolute Gasteiger partial charge is 0.463 e. The van der Waals surface area contributed by atoms with Crippen LogP contribution in [0.5, 0.6) is 0 Å². The topological polar surface area (TPSA) is 84.3 Å². The van der Waals surface area contributed by atoms with Crippen LogP contribution in [-0.2, 0) is 4.74 Å². The molecule has 0 unspecified atom stereocenters. The molecule has 104 valence electrons. The first-order valence-electron chi connectivity index (χ1n) is 6.51. The molecule has 1 aliphatic rings. The monoisotopic (exact) mass is 265 g/mol. The van der Waals surface area contributed by atoms with Crippen LogP contribution >= 0.6 is 0 Å². The third-order valence-electron chi connectivity index (χ3n) is 3.41. The number of esters is 1. The number of carbonyl (C=O) groups is 1. The molecule has 0 spiro atoms.